The van der Waals surface area contributed by atoms with E-state index >= 15 is 0 Å². The Hall–Kier alpha value is -1.26. The van der Waals surface area contributed by atoms with Crippen LogP contribution in [0.15, 0.2) is 5.16 Å². The quantitative estimate of drug-likeness (QED) is 0.349. The molecule has 0 saturated carbocycles. The Morgan fingerprint density at radius 2 is 2.06 bits per heavy atom. The molecule has 5 heteroatoms. The number of amides is 1. The summed E-state index contributed by atoms with van der Waals surface area (Å²) < 4.78 is 0. The van der Waals surface area contributed by atoms with Gasteiger partial charge in [-0.1, -0.05) is 31.8 Å². The normalized spacial score (nSPS) is 23.9. The fraction of sp³-hybridized carbons (Fsp3) is 0.846. The zero-order chi connectivity index (χ0) is 13.7. The minimum absolute atomic E-state index is 0.00491. The van der Waals surface area contributed by atoms with Crippen molar-refractivity contribution in [1.29, 1.82) is 0 Å². The van der Waals surface area contributed by atoms with E-state index < -0.39 is 5.92 Å². The first-order valence-corrected chi connectivity index (χ1v) is 6.77. The van der Waals surface area contributed by atoms with Crippen LogP contribution in [0, 0.1) is 11.8 Å². The second kappa shape index (κ2) is 6.61. The summed E-state index contributed by atoms with van der Waals surface area (Å²) in [5.74, 6) is -0.472. The lowest BCUT2D eigenvalue weighted by molar-refractivity contribution is -0.136. The van der Waals surface area contributed by atoms with Crippen molar-refractivity contribution in [2.75, 3.05) is 6.54 Å². The van der Waals surface area contributed by atoms with Crippen molar-refractivity contribution in [1.82, 2.24) is 4.90 Å². The average molecular weight is 255 g/mol. The standard InChI is InChI=1S/C13H25N3O2/c1-9(2)11(12(14)15-18)13(17)16-8-6-4-5-7-10(16)3/h9-11,18H,4-8H2,1-3H3,(H2,14,15). The fourth-order valence-corrected chi connectivity index (χ4v) is 2.60. The molecule has 1 amide bonds. The maximum Gasteiger partial charge on any atom is 0.233 e. The van der Waals surface area contributed by atoms with Crippen LogP contribution in [-0.4, -0.2) is 34.4 Å². The first-order chi connectivity index (χ1) is 8.49. The van der Waals surface area contributed by atoms with Gasteiger partial charge in [-0.15, -0.1) is 0 Å². The van der Waals surface area contributed by atoms with Crippen LogP contribution in [0.3, 0.4) is 0 Å². The van der Waals surface area contributed by atoms with Crippen molar-refractivity contribution in [3.05, 3.63) is 0 Å². The number of amidine groups is 1. The lowest BCUT2D eigenvalue weighted by Crippen LogP contribution is -2.47. The molecule has 2 unspecified atom stereocenters. The third-order valence-corrected chi connectivity index (χ3v) is 3.70. The van der Waals surface area contributed by atoms with Gasteiger partial charge >= 0.3 is 0 Å². The Morgan fingerprint density at radius 3 is 2.61 bits per heavy atom. The van der Waals surface area contributed by atoms with Gasteiger partial charge in [0.15, 0.2) is 5.84 Å². The summed E-state index contributed by atoms with van der Waals surface area (Å²) in [6.45, 7) is 6.70. The van der Waals surface area contributed by atoms with Crippen molar-refractivity contribution in [3.63, 3.8) is 0 Å². The van der Waals surface area contributed by atoms with Gasteiger partial charge in [-0.3, -0.25) is 4.79 Å². The molecule has 104 valence electrons. The van der Waals surface area contributed by atoms with Crippen LogP contribution in [0.4, 0.5) is 0 Å². The van der Waals surface area contributed by atoms with E-state index in [9.17, 15) is 4.79 Å². The predicted octanol–water partition coefficient (Wildman–Crippen LogP) is 1.80. The van der Waals surface area contributed by atoms with Crippen LogP contribution in [0.5, 0.6) is 0 Å². The van der Waals surface area contributed by atoms with Crippen molar-refractivity contribution in [3.8, 4) is 0 Å². The lowest BCUT2D eigenvalue weighted by atomic mass is 9.92. The summed E-state index contributed by atoms with van der Waals surface area (Å²) in [6.07, 6.45) is 4.41. The summed E-state index contributed by atoms with van der Waals surface area (Å²) >= 11 is 0. The van der Waals surface area contributed by atoms with Crippen LogP contribution in [0.2, 0.25) is 0 Å². The molecule has 5 nitrogen and oxygen atoms in total. The molecule has 1 aliphatic rings. The first kappa shape index (κ1) is 14.8. The molecule has 0 aliphatic carbocycles. The molecule has 1 aliphatic heterocycles. The summed E-state index contributed by atoms with van der Waals surface area (Å²) in [5.41, 5.74) is 5.66. The van der Waals surface area contributed by atoms with Gasteiger partial charge in [0.1, 0.15) is 5.92 Å². The smallest absolute Gasteiger partial charge is 0.233 e. The molecule has 2 atom stereocenters. The predicted molar refractivity (Wildman–Crippen MR) is 71.4 cm³/mol. The SMILES string of the molecule is CC(C)C(C(=O)N1CCCCCC1C)C(N)=NO. The van der Waals surface area contributed by atoms with Crippen LogP contribution in [-0.2, 0) is 4.79 Å². The average Bonchev–Trinajstić information content (AvgIpc) is 2.53. The second-order valence-corrected chi connectivity index (χ2v) is 5.48. The van der Waals surface area contributed by atoms with E-state index in [-0.39, 0.29) is 23.7 Å². The zero-order valence-corrected chi connectivity index (χ0v) is 11.6. The summed E-state index contributed by atoms with van der Waals surface area (Å²) in [4.78, 5) is 14.5. The Bertz CT molecular complexity index is 315. The van der Waals surface area contributed by atoms with Gasteiger partial charge < -0.3 is 15.8 Å². The van der Waals surface area contributed by atoms with E-state index in [0.29, 0.717) is 0 Å². The van der Waals surface area contributed by atoms with Gasteiger partial charge in [-0.2, -0.15) is 0 Å². The monoisotopic (exact) mass is 255 g/mol. The number of rotatable bonds is 3. The highest BCUT2D eigenvalue weighted by Gasteiger charge is 2.33. The highest BCUT2D eigenvalue weighted by atomic mass is 16.4. The molecule has 1 fully saturated rings. The second-order valence-electron chi connectivity index (χ2n) is 5.48. The Morgan fingerprint density at radius 1 is 1.39 bits per heavy atom. The van der Waals surface area contributed by atoms with E-state index in [1.165, 1.54) is 12.8 Å². The number of nitrogens with two attached hydrogens (primary N) is 1. The Labute approximate surface area is 109 Å². The zero-order valence-electron chi connectivity index (χ0n) is 11.6. The van der Waals surface area contributed by atoms with Gasteiger partial charge in [-0.25, -0.2) is 0 Å². The molecule has 0 aromatic rings. The molecule has 0 bridgehead atoms. The largest absolute Gasteiger partial charge is 0.409 e. The van der Waals surface area contributed by atoms with Crippen LogP contribution in [0.25, 0.3) is 0 Å². The molecule has 1 saturated heterocycles. The third kappa shape index (κ3) is 3.37. The Balaban J connectivity index is 2.87. The van der Waals surface area contributed by atoms with E-state index in [2.05, 4.69) is 12.1 Å². The highest BCUT2D eigenvalue weighted by molar-refractivity contribution is 6.02. The third-order valence-electron chi connectivity index (χ3n) is 3.70. The molecule has 0 aromatic carbocycles. The maximum atomic E-state index is 12.6. The van der Waals surface area contributed by atoms with Crippen LogP contribution >= 0.6 is 0 Å². The number of hydrogen-bond acceptors (Lipinski definition) is 3. The molecule has 1 heterocycles. The fourth-order valence-electron chi connectivity index (χ4n) is 2.60. The molecule has 18 heavy (non-hydrogen) atoms. The minimum atomic E-state index is -0.518. The van der Waals surface area contributed by atoms with Gasteiger partial charge in [0.25, 0.3) is 0 Å². The number of carbonyl (C=O) groups is 1. The van der Waals surface area contributed by atoms with Crippen molar-refractivity contribution in [2.24, 2.45) is 22.7 Å². The van der Waals surface area contributed by atoms with Gasteiger partial charge in [-0.05, 0) is 25.7 Å². The topological polar surface area (TPSA) is 78.9 Å². The molecule has 0 radical (unpaired) electrons. The van der Waals surface area contributed by atoms with E-state index in [1.54, 1.807) is 0 Å². The van der Waals surface area contributed by atoms with E-state index in [0.717, 1.165) is 19.4 Å². The van der Waals surface area contributed by atoms with E-state index in [4.69, 9.17) is 10.9 Å². The number of nitrogens with zero attached hydrogens (tertiary/aromatic N) is 2. The number of hydrogen-bond donors (Lipinski definition) is 2. The number of oxime groups is 1. The molecule has 1 rings (SSSR count). The number of likely N-dealkylation sites (tertiary alicyclic amines) is 1. The molecular formula is C13H25N3O2. The molecule has 3 N–H and O–H groups in total. The van der Waals surface area contributed by atoms with E-state index in [1.807, 2.05) is 18.7 Å². The van der Waals surface area contributed by atoms with Gasteiger partial charge in [0.2, 0.25) is 5.91 Å². The summed E-state index contributed by atoms with van der Waals surface area (Å²) in [6, 6.07) is 0.243. The van der Waals surface area contributed by atoms with Crippen LogP contribution in [0.1, 0.15) is 46.5 Å². The first-order valence-electron chi connectivity index (χ1n) is 6.77. The van der Waals surface area contributed by atoms with Crippen molar-refractivity contribution in [2.45, 2.75) is 52.5 Å². The summed E-state index contributed by atoms with van der Waals surface area (Å²) in [7, 11) is 0. The lowest BCUT2D eigenvalue weighted by Gasteiger charge is -2.32. The maximum absolute atomic E-state index is 12.6. The van der Waals surface area contributed by atoms with Gasteiger partial charge in [0.05, 0.1) is 0 Å². The van der Waals surface area contributed by atoms with Gasteiger partial charge in [0, 0.05) is 12.6 Å². The Kier molecular flexibility index (Phi) is 5.44. The number of carbonyl (C=O) groups excluding carboxylic acids is 1. The highest BCUT2D eigenvalue weighted by Crippen LogP contribution is 2.22. The molecular weight excluding hydrogens is 230 g/mol. The minimum Gasteiger partial charge on any atom is -0.409 e. The van der Waals surface area contributed by atoms with Crippen molar-refractivity contribution < 1.29 is 10.0 Å². The molecule has 0 aromatic heterocycles. The summed E-state index contributed by atoms with van der Waals surface area (Å²) in [5, 5.41) is 11.8. The van der Waals surface area contributed by atoms with Crippen LogP contribution < -0.4 is 5.73 Å². The van der Waals surface area contributed by atoms with Crippen molar-refractivity contribution >= 4 is 11.7 Å². The molecule has 0 spiro atoms.